The second-order valence-corrected chi connectivity index (χ2v) is 4.74. The fraction of sp³-hybridized carbons (Fsp3) is 0.250. The van der Waals surface area contributed by atoms with E-state index in [0.29, 0.717) is 5.75 Å². The molecule has 0 radical (unpaired) electrons. The molecule has 0 aliphatic heterocycles. The second kappa shape index (κ2) is 5.13. The number of aryl methyl sites for hydroxylation is 2. The van der Waals surface area contributed by atoms with Gasteiger partial charge < -0.3 is 10.4 Å². The predicted octanol–water partition coefficient (Wildman–Crippen LogP) is 4.18. The van der Waals surface area contributed by atoms with E-state index in [1.54, 1.807) is 6.07 Å². The van der Waals surface area contributed by atoms with Crippen molar-refractivity contribution in [1.82, 2.24) is 0 Å². The third-order valence-corrected chi connectivity index (χ3v) is 3.17. The van der Waals surface area contributed by atoms with E-state index in [0.717, 1.165) is 16.8 Å². The van der Waals surface area contributed by atoms with Crippen LogP contribution in [0.5, 0.6) is 5.75 Å². The number of para-hydroxylation sites is 1. The minimum absolute atomic E-state index is 0.0750. The summed E-state index contributed by atoms with van der Waals surface area (Å²) in [6, 6.07) is 13.9. The van der Waals surface area contributed by atoms with Gasteiger partial charge in [0, 0.05) is 11.3 Å². The Morgan fingerprint density at radius 1 is 1.06 bits per heavy atom. The third-order valence-electron chi connectivity index (χ3n) is 3.17. The van der Waals surface area contributed by atoms with Gasteiger partial charge in [0.05, 0.1) is 6.04 Å². The maximum atomic E-state index is 9.91. The van der Waals surface area contributed by atoms with Crippen LogP contribution in [0.2, 0.25) is 0 Å². The van der Waals surface area contributed by atoms with Gasteiger partial charge in [-0.05, 0) is 38.5 Å². The summed E-state index contributed by atoms with van der Waals surface area (Å²) in [5.41, 5.74) is 4.39. The van der Waals surface area contributed by atoms with Crippen molar-refractivity contribution < 1.29 is 5.11 Å². The highest BCUT2D eigenvalue weighted by molar-refractivity contribution is 5.53. The molecule has 0 bridgehead atoms. The minimum atomic E-state index is 0.0750. The summed E-state index contributed by atoms with van der Waals surface area (Å²) in [6.07, 6.45) is 0. The molecule has 2 aromatic carbocycles. The zero-order valence-corrected chi connectivity index (χ0v) is 11.1. The number of anilines is 1. The second-order valence-electron chi connectivity index (χ2n) is 4.74. The van der Waals surface area contributed by atoms with Gasteiger partial charge in [0.2, 0.25) is 0 Å². The van der Waals surface area contributed by atoms with Crippen LogP contribution in [0.15, 0.2) is 42.5 Å². The number of rotatable bonds is 3. The Balaban J connectivity index is 2.25. The van der Waals surface area contributed by atoms with E-state index in [4.69, 9.17) is 0 Å². The van der Waals surface area contributed by atoms with Crippen LogP contribution < -0.4 is 5.32 Å². The molecule has 1 atom stereocenters. The van der Waals surface area contributed by atoms with Crippen molar-refractivity contribution in [2.75, 3.05) is 5.32 Å². The van der Waals surface area contributed by atoms with Crippen molar-refractivity contribution in [3.05, 3.63) is 59.2 Å². The van der Waals surface area contributed by atoms with Gasteiger partial charge in [0.25, 0.3) is 0 Å². The molecule has 0 amide bonds. The molecule has 0 saturated heterocycles. The summed E-state index contributed by atoms with van der Waals surface area (Å²) in [5, 5.41) is 13.3. The van der Waals surface area contributed by atoms with Crippen LogP contribution in [0, 0.1) is 13.8 Å². The molecule has 1 unspecified atom stereocenters. The molecule has 0 aliphatic rings. The number of hydrogen-bond acceptors (Lipinski definition) is 2. The highest BCUT2D eigenvalue weighted by Gasteiger charge is 2.11. The minimum Gasteiger partial charge on any atom is -0.508 e. The normalized spacial score (nSPS) is 12.2. The molecular weight excluding hydrogens is 222 g/mol. The Kier molecular flexibility index (Phi) is 3.56. The van der Waals surface area contributed by atoms with Gasteiger partial charge in [-0.15, -0.1) is 0 Å². The van der Waals surface area contributed by atoms with Gasteiger partial charge in [0.15, 0.2) is 0 Å². The lowest BCUT2D eigenvalue weighted by atomic mass is 10.0. The molecule has 2 rings (SSSR count). The van der Waals surface area contributed by atoms with Crippen molar-refractivity contribution in [2.45, 2.75) is 26.8 Å². The Morgan fingerprint density at radius 2 is 1.78 bits per heavy atom. The van der Waals surface area contributed by atoms with Crippen LogP contribution in [0.1, 0.15) is 29.7 Å². The number of hydrogen-bond donors (Lipinski definition) is 2. The summed E-state index contributed by atoms with van der Waals surface area (Å²) >= 11 is 0. The standard InChI is InChI=1S/C16H19NO/c1-11-8-9-16(18)14(10-11)13(3)17-15-7-5-4-6-12(15)2/h4-10,13,17-18H,1-3H3. The topological polar surface area (TPSA) is 32.3 Å². The van der Waals surface area contributed by atoms with Crippen LogP contribution in [0.4, 0.5) is 5.69 Å². The highest BCUT2D eigenvalue weighted by atomic mass is 16.3. The summed E-state index contributed by atoms with van der Waals surface area (Å²) in [4.78, 5) is 0. The molecule has 0 heterocycles. The lowest BCUT2D eigenvalue weighted by molar-refractivity contribution is 0.465. The predicted molar refractivity (Wildman–Crippen MR) is 76.1 cm³/mol. The number of nitrogens with one attached hydrogen (secondary N) is 1. The molecule has 94 valence electrons. The zero-order chi connectivity index (χ0) is 13.1. The monoisotopic (exact) mass is 241 g/mol. The molecule has 2 nitrogen and oxygen atoms in total. The van der Waals surface area contributed by atoms with E-state index in [9.17, 15) is 5.11 Å². The van der Waals surface area contributed by atoms with Gasteiger partial charge in [-0.3, -0.25) is 0 Å². The third kappa shape index (κ3) is 2.65. The van der Waals surface area contributed by atoms with Crippen LogP contribution in [-0.4, -0.2) is 5.11 Å². The van der Waals surface area contributed by atoms with Crippen molar-refractivity contribution in [2.24, 2.45) is 0 Å². The lowest BCUT2D eigenvalue weighted by Gasteiger charge is -2.18. The maximum absolute atomic E-state index is 9.91. The van der Waals surface area contributed by atoms with Crippen LogP contribution in [0.3, 0.4) is 0 Å². The summed E-state index contributed by atoms with van der Waals surface area (Å²) < 4.78 is 0. The van der Waals surface area contributed by atoms with Crippen molar-refractivity contribution >= 4 is 5.69 Å². The van der Waals surface area contributed by atoms with Gasteiger partial charge >= 0.3 is 0 Å². The van der Waals surface area contributed by atoms with Crippen LogP contribution in [-0.2, 0) is 0 Å². The molecule has 0 aliphatic carbocycles. The largest absolute Gasteiger partial charge is 0.508 e. The number of aromatic hydroxyl groups is 1. The first-order valence-electron chi connectivity index (χ1n) is 6.19. The fourth-order valence-corrected chi connectivity index (χ4v) is 2.07. The van der Waals surface area contributed by atoms with Crippen LogP contribution in [0.25, 0.3) is 0 Å². The quantitative estimate of drug-likeness (QED) is 0.844. The highest BCUT2D eigenvalue weighted by Crippen LogP contribution is 2.28. The zero-order valence-electron chi connectivity index (χ0n) is 11.1. The average molecular weight is 241 g/mol. The van der Waals surface area contributed by atoms with E-state index in [2.05, 4.69) is 31.3 Å². The number of phenols is 1. The molecule has 2 aromatic rings. The molecule has 0 aromatic heterocycles. The Morgan fingerprint density at radius 3 is 2.50 bits per heavy atom. The van der Waals surface area contributed by atoms with Gasteiger partial charge in [-0.25, -0.2) is 0 Å². The summed E-state index contributed by atoms with van der Waals surface area (Å²) in [7, 11) is 0. The van der Waals surface area contributed by atoms with Crippen LogP contribution >= 0.6 is 0 Å². The van der Waals surface area contributed by atoms with E-state index in [1.807, 2.05) is 31.2 Å². The van der Waals surface area contributed by atoms with Crippen molar-refractivity contribution in [3.8, 4) is 5.75 Å². The lowest BCUT2D eigenvalue weighted by Crippen LogP contribution is -2.08. The SMILES string of the molecule is Cc1ccc(O)c(C(C)Nc2ccccc2C)c1. The Hall–Kier alpha value is -1.96. The maximum Gasteiger partial charge on any atom is 0.120 e. The van der Waals surface area contributed by atoms with E-state index < -0.39 is 0 Å². The molecular formula is C16H19NO. The van der Waals surface area contributed by atoms with E-state index >= 15 is 0 Å². The average Bonchev–Trinajstić information content (AvgIpc) is 2.35. The smallest absolute Gasteiger partial charge is 0.120 e. The van der Waals surface area contributed by atoms with Gasteiger partial charge in [0.1, 0.15) is 5.75 Å². The number of phenolic OH excluding ortho intramolecular Hbond substituents is 1. The van der Waals surface area contributed by atoms with E-state index in [1.165, 1.54) is 5.56 Å². The molecule has 2 N–H and O–H groups in total. The van der Waals surface area contributed by atoms with Gasteiger partial charge in [-0.1, -0.05) is 35.9 Å². The fourth-order valence-electron chi connectivity index (χ4n) is 2.07. The Labute approximate surface area is 108 Å². The summed E-state index contributed by atoms with van der Waals surface area (Å²) in [6.45, 7) is 6.16. The van der Waals surface area contributed by atoms with Gasteiger partial charge in [-0.2, -0.15) is 0 Å². The molecule has 18 heavy (non-hydrogen) atoms. The first-order valence-corrected chi connectivity index (χ1v) is 6.19. The molecule has 2 heteroatoms. The van der Waals surface area contributed by atoms with E-state index in [-0.39, 0.29) is 6.04 Å². The molecule has 0 spiro atoms. The first kappa shape index (κ1) is 12.5. The molecule has 0 saturated carbocycles. The Bertz CT molecular complexity index is 549. The summed E-state index contributed by atoms with van der Waals surface area (Å²) in [5.74, 6) is 0.342. The first-order chi connectivity index (χ1) is 8.58. The van der Waals surface area contributed by atoms with Crippen molar-refractivity contribution in [3.63, 3.8) is 0 Å². The number of benzene rings is 2. The molecule has 0 fully saturated rings. The van der Waals surface area contributed by atoms with Crippen molar-refractivity contribution in [1.29, 1.82) is 0 Å².